The van der Waals surface area contributed by atoms with Crippen molar-refractivity contribution in [2.45, 2.75) is 25.5 Å². The van der Waals surface area contributed by atoms with Gasteiger partial charge in [0.25, 0.3) is 0 Å². The lowest BCUT2D eigenvalue weighted by molar-refractivity contribution is -0.120. The normalized spacial score (nSPS) is 12.2. The van der Waals surface area contributed by atoms with Crippen LogP contribution in [0.2, 0.25) is 0 Å². The van der Waals surface area contributed by atoms with E-state index in [4.69, 9.17) is 0 Å². The van der Waals surface area contributed by atoms with Crippen molar-refractivity contribution in [2.75, 3.05) is 6.54 Å². The number of hydrogen-bond acceptors (Lipinski definition) is 2. The van der Waals surface area contributed by atoms with E-state index in [2.05, 4.69) is 17.9 Å². The van der Waals surface area contributed by atoms with Crippen LogP contribution in [0.5, 0.6) is 0 Å². The third kappa shape index (κ3) is 3.85. The molecule has 0 aromatic heterocycles. The first kappa shape index (κ1) is 13.0. The molecule has 0 saturated heterocycles. The summed E-state index contributed by atoms with van der Waals surface area (Å²) in [5.74, 6) is -0.308. The van der Waals surface area contributed by atoms with Gasteiger partial charge in [-0.05, 0) is 43.5 Å². The molecule has 1 N–H and O–H groups in total. The largest absolute Gasteiger partial charge is 0.355 e. The second-order valence-electron chi connectivity index (χ2n) is 3.79. The Hall–Kier alpha value is -1.03. The molecular weight excluding hydrogens is 225 g/mol. The molecular formula is C12H16FNOS. The van der Waals surface area contributed by atoms with Crippen LogP contribution in [0.1, 0.15) is 18.1 Å². The van der Waals surface area contributed by atoms with Gasteiger partial charge in [0.15, 0.2) is 0 Å². The lowest BCUT2D eigenvalue weighted by Gasteiger charge is -2.08. The van der Waals surface area contributed by atoms with Crippen molar-refractivity contribution in [1.29, 1.82) is 0 Å². The first-order valence-electron chi connectivity index (χ1n) is 5.21. The summed E-state index contributed by atoms with van der Waals surface area (Å²) in [6, 6.07) is 4.69. The van der Waals surface area contributed by atoms with Crippen LogP contribution in [-0.4, -0.2) is 17.7 Å². The molecule has 1 aromatic carbocycles. The second kappa shape index (κ2) is 5.89. The summed E-state index contributed by atoms with van der Waals surface area (Å²) in [4.78, 5) is 11.2. The molecule has 2 nitrogen and oxygen atoms in total. The fourth-order valence-electron chi connectivity index (χ4n) is 1.41. The van der Waals surface area contributed by atoms with Crippen molar-refractivity contribution in [3.8, 4) is 0 Å². The molecule has 88 valence electrons. The summed E-state index contributed by atoms with van der Waals surface area (Å²) in [5, 5.41) is 2.47. The minimum atomic E-state index is -0.297. The second-order valence-corrected chi connectivity index (χ2v) is 4.56. The van der Waals surface area contributed by atoms with Gasteiger partial charge in [-0.2, -0.15) is 12.6 Å². The van der Waals surface area contributed by atoms with E-state index in [1.54, 1.807) is 13.0 Å². The highest BCUT2D eigenvalue weighted by Gasteiger charge is 2.06. The Morgan fingerprint density at radius 3 is 2.81 bits per heavy atom. The van der Waals surface area contributed by atoms with Gasteiger partial charge >= 0.3 is 0 Å². The van der Waals surface area contributed by atoms with Gasteiger partial charge in [-0.25, -0.2) is 4.39 Å². The highest BCUT2D eigenvalue weighted by Crippen LogP contribution is 2.10. The van der Waals surface area contributed by atoms with Crippen molar-refractivity contribution < 1.29 is 9.18 Å². The Bertz CT molecular complexity index is 379. The summed E-state index contributed by atoms with van der Waals surface area (Å²) in [6.07, 6.45) is 0.707. The summed E-state index contributed by atoms with van der Waals surface area (Å²) < 4.78 is 12.8. The summed E-state index contributed by atoms with van der Waals surface area (Å²) in [6.45, 7) is 4.14. The first-order chi connectivity index (χ1) is 7.50. The quantitative estimate of drug-likeness (QED) is 0.777. The number of thiol groups is 1. The molecule has 0 fully saturated rings. The van der Waals surface area contributed by atoms with E-state index in [9.17, 15) is 9.18 Å². The Kier molecular flexibility index (Phi) is 4.80. The zero-order valence-corrected chi connectivity index (χ0v) is 10.4. The Labute approximate surface area is 101 Å². The highest BCUT2D eigenvalue weighted by molar-refractivity contribution is 7.81. The summed E-state index contributed by atoms with van der Waals surface area (Å²) in [7, 11) is 0. The van der Waals surface area contributed by atoms with Crippen LogP contribution < -0.4 is 5.32 Å². The molecule has 0 spiro atoms. The topological polar surface area (TPSA) is 29.1 Å². The van der Waals surface area contributed by atoms with Crippen LogP contribution in [0, 0.1) is 12.7 Å². The number of hydrogen-bond donors (Lipinski definition) is 2. The molecule has 0 heterocycles. The molecule has 4 heteroatoms. The maximum Gasteiger partial charge on any atom is 0.232 e. The molecule has 0 radical (unpaired) electrons. The van der Waals surface area contributed by atoms with Crippen LogP contribution in [-0.2, 0) is 11.2 Å². The monoisotopic (exact) mass is 241 g/mol. The number of amides is 1. The van der Waals surface area contributed by atoms with Crippen molar-refractivity contribution in [1.82, 2.24) is 5.32 Å². The van der Waals surface area contributed by atoms with Gasteiger partial charge in [-0.1, -0.05) is 6.07 Å². The average Bonchev–Trinajstić information content (AvgIpc) is 2.20. The van der Waals surface area contributed by atoms with E-state index in [1.165, 1.54) is 12.1 Å². The predicted octanol–water partition coefficient (Wildman–Crippen LogP) is 2.11. The molecule has 1 atom stereocenters. The smallest absolute Gasteiger partial charge is 0.232 e. The van der Waals surface area contributed by atoms with E-state index in [-0.39, 0.29) is 17.0 Å². The molecule has 1 rings (SSSR count). The molecule has 1 amide bonds. The number of carbonyl (C=O) groups is 1. The third-order valence-corrected chi connectivity index (χ3v) is 2.61. The van der Waals surface area contributed by atoms with Crippen molar-refractivity contribution >= 4 is 18.5 Å². The average molecular weight is 241 g/mol. The maximum absolute atomic E-state index is 12.8. The predicted molar refractivity (Wildman–Crippen MR) is 66.3 cm³/mol. The van der Waals surface area contributed by atoms with E-state index in [0.29, 0.717) is 13.0 Å². The fraction of sp³-hybridized carbons (Fsp3) is 0.417. The molecule has 0 aliphatic rings. The minimum absolute atomic E-state index is 0.0805. The molecule has 16 heavy (non-hydrogen) atoms. The molecule has 0 aliphatic carbocycles. The number of rotatable bonds is 4. The Morgan fingerprint density at radius 2 is 2.25 bits per heavy atom. The zero-order valence-electron chi connectivity index (χ0n) is 9.46. The molecule has 1 unspecified atom stereocenters. The van der Waals surface area contributed by atoms with Gasteiger partial charge in [0.05, 0.1) is 5.25 Å². The first-order valence-corrected chi connectivity index (χ1v) is 5.73. The lowest BCUT2D eigenvalue weighted by Crippen LogP contribution is -2.31. The molecule has 0 bridgehead atoms. The summed E-state index contributed by atoms with van der Waals surface area (Å²) >= 11 is 4.03. The Balaban J connectivity index is 2.46. The van der Waals surface area contributed by atoms with Crippen LogP contribution in [0.15, 0.2) is 18.2 Å². The number of aryl methyl sites for hydroxylation is 1. The van der Waals surface area contributed by atoms with Gasteiger partial charge in [-0.3, -0.25) is 4.79 Å². The number of carbonyl (C=O) groups excluding carboxylic acids is 1. The summed E-state index contributed by atoms with van der Waals surface area (Å²) in [5.41, 5.74) is 1.96. The zero-order chi connectivity index (χ0) is 12.1. The SMILES string of the molecule is Cc1cc(F)ccc1CCNC(=O)C(C)S. The molecule has 0 saturated carbocycles. The van der Waals surface area contributed by atoms with Crippen LogP contribution in [0.3, 0.4) is 0 Å². The van der Waals surface area contributed by atoms with E-state index >= 15 is 0 Å². The fourth-order valence-corrected chi connectivity index (χ4v) is 1.50. The van der Waals surface area contributed by atoms with Gasteiger partial charge in [0, 0.05) is 6.54 Å². The lowest BCUT2D eigenvalue weighted by atomic mass is 10.1. The third-order valence-electron chi connectivity index (χ3n) is 2.38. The Morgan fingerprint density at radius 1 is 1.56 bits per heavy atom. The van der Waals surface area contributed by atoms with E-state index in [1.807, 2.05) is 6.92 Å². The van der Waals surface area contributed by atoms with Gasteiger partial charge < -0.3 is 5.32 Å². The molecule has 0 aliphatic heterocycles. The number of halogens is 1. The van der Waals surface area contributed by atoms with Crippen LogP contribution >= 0.6 is 12.6 Å². The van der Waals surface area contributed by atoms with Crippen molar-refractivity contribution in [3.63, 3.8) is 0 Å². The van der Waals surface area contributed by atoms with Crippen molar-refractivity contribution in [2.24, 2.45) is 0 Å². The van der Waals surface area contributed by atoms with Crippen LogP contribution in [0.25, 0.3) is 0 Å². The minimum Gasteiger partial charge on any atom is -0.355 e. The standard InChI is InChI=1S/C12H16FNOS/c1-8-7-11(13)4-3-10(8)5-6-14-12(15)9(2)16/h3-4,7,9,16H,5-6H2,1-2H3,(H,14,15). The number of benzene rings is 1. The molecule has 1 aromatic rings. The van der Waals surface area contributed by atoms with E-state index in [0.717, 1.165) is 11.1 Å². The van der Waals surface area contributed by atoms with Gasteiger partial charge in [0.1, 0.15) is 5.82 Å². The maximum atomic E-state index is 12.8. The van der Waals surface area contributed by atoms with Gasteiger partial charge in [-0.15, -0.1) is 0 Å². The van der Waals surface area contributed by atoms with Crippen LogP contribution in [0.4, 0.5) is 4.39 Å². The number of nitrogens with one attached hydrogen (secondary N) is 1. The highest BCUT2D eigenvalue weighted by atomic mass is 32.1. The van der Waals surface area contributed by atoms with Crippen molar-refractivity contribution in [3.05, 3.63) is 35.1 Å². The van der Waals surface area contributed by atoms with Gasteiger partial charge in [0.2, 0.25) is 5.91 Å². The van der Waals surface area contributed by atoms with E-state index < -0.39 is 0 Å².